The van der Waals surface area contributed by atoms with E-state index >= 15 is 0 Å². The van der Waals surface area contributed by atoms with Gasteiger partial charge < -0.3 is 9.15 Å². The Bertz CT molecular complexity index is 670. The Morgan fingerprint density at radius 1 is 1.05 bits per heavy atom. The fourth-order valence-electron chi connectivity index (χ4n) is 2.62. The molecular formula is C18H18O4. The van der Waals surface area contributed by atoms with E-state index in [1.165, 1.54) is 6.26 Å². The van der Waals surface area contributed by atoms with Crippen molar-refractivity contribution in [2.24, 2.45) is 0 Å². The number of ether oxygens (including phenoxy) is 1. The average molecular weight is 298 g/mol. The number of furan rings is 1. The summed E-state index contributed by atoms with van der Waals surface area (Å²) in [5.41, 5.74) is 1.73. The molecule has 0 aliphatic carbocycles. The van der Waals surface area contributed by atoms with Crippen LogP contribution < -0.4 is 4.74 Å². The monoisotopic (exact) mass is 298 g/mol. The van der Waals surface area contributed by atoms with Crippen molar-refractivity contribution in [3.63, 3.8) is 0 Å². The van der Waals surface area contributed by atoms with Gasteiger partial charge in [0.15, 0.2) is 17.3 Å². The lowest BCUT2D eigenvalue weighted by atomic mass is 9.99. The Morgan fingerprint density at radius 3 is 2.73 bits per heavy atom. The molecule has 2 heterocycles. The van der Waals surface area contributed by atoms with Crippen LogP contribution in [0, 0.1) is 0 Å². The number of hydrogen-bond donors (Lipinski definition) is 0. The standard InChI is InChI=1S/C18H18O4/c19-15(7-8-16(20)18-5-3-11-22-18)13-6-9-17-14(12-13)4-1-2-10-21-17/h3,5-6,9,11-12H,1-2,4,7-8,10H2. The molecule has 0 saturated carbocycles. The van der Waals surface area contributed by atoms with Gasteiger partial charge in [-0.3, -0.25) is 9.59 Å². The SMILES string of the molecule is O=C(CCC(=O)c1ccco1)c1ccc2c(c1)CCCCO2. The molecular weight excluding hydrogens is 280 g/mol. The van der Waals surface area contributed by atoms with E-state index in [1.807, 2.05) is 12.1 Å². The van der Waals surface area contributed by atoms with Gasteiger partial charge in [-0.15, -0.1) is 0 Å². The molecule has 22 heavy (non-hydrogen) atoms. The van der Waals surface area contributed by atoms with E-state index in [-0.39, 0.29) is 24.4 Å². The third kappa shape index (κ3) is 3.27. The lowest BCUT2D eigenvalue weighted by Gasteiger charge is -2.08. The zero-order chi connectivity index (χ0) is 15.4. The highest BCUT2D eigenvalue weighted by Crippen LogP contribution is 2.26. The summed E-state index contributed by atoms with van der Waals surface area (Å²) in [4.78, 5) is 24.1. The normalized spacial score (nSPS) is 13.8. The Kier molecular flexibility index (Phi) is 4.37. The number of hydrogen-bond acceptors (Lipinski definition) is 4. The summed E-state index contributed by atoms with van der Waals surface area (Å²) in [6.07, 6.45) is 4.86. The van der Waals surface area contributed by atoms with Gasteiger partial charge >= 0.3 is 0 Å². The minimum absolute atomic E-state index is 0.0213. The number of ketones is 2. The Labute approximate surface area is 129 Å². The van der Waals surface area contributed by atoms with Crippen LogP contribution in [0.25, 0.3) is 0 Å². The quantitative estimate of drug-likeness (QED) is 0.787. The van der Waals surface area contributed by atoms with Crippen LogP contribution in [0.2, 0.25) is 0 Å². The van der Waals surface area contributed by atoms with Crippen molar-refractivity contribution in [1.29, 1.82) is 0 Å². The van der Waals surface area contributed by atoms with Gasteiger partial charge in [0.1, 0.15) is 5.75 Å². The van der Waals surface area contributed by atoms with E-state index in [0.717, 1.165) is 37.2 Å². The van der Waals surface area contributed by atoms with Crippen molar-refractivity contribution in [3.8, 4) is 5.75 Å². The molecule has 3 rings (SSSR count). The maximum absolute atomic E-state index is 12.3. The number of carbonyl (C=O) groups is 2. The van der Waals surface area contributed by atoms with Crippen LogP contribution in [0.4, 0.5) is 0 Å². The Balaban J connectivity index is 1.65. The summed E-state index contributed by atoms with van der Waals surface area (Å²) in [6.45, 7) is 0.734. The van der Waals surface area contributed by atoms with E-state index in [9.17, 15) is 9.59 Å². The molecule has 114 valence electrons. The number of rotatable bonds is 5. The minimum atomic E-state index is -0.142. The molecule has 1 aromatic carbocycles. The summed E-state index contributed by atoms with van der Waals surface area (Å²) < 4.78 is 10.7. The molecule has 0 N–H and O–H groups in total. The van der Waals surface area contributed by atoms with Crippen LogP contribution in [0.1, 0.15) is 52.2 Å². The van der Waals surface area contributed by atoms with E-state index in [1.54, 1.807) is 18.2 Å². The highest BCUT2D eigenvalue weighted by atomic mass is 16.5. The van der Waals surface area contributed by atoms with E-state index < -0.39 is 0 Å². The fraction of sp³-hybridized carbons (Fsp3) is 0.333. The Hall–Kier alpha value is -2.36. The molecule has 0 radical (unpaired) electrons. The molecule has 0 fully saturated rings. The topological polar surface area (TPSA) is 56.5 Å². The lowest BCUT2D eigenvalue weighted by molar-refractivity contribution is 0.0902. The highest BCUT2D eigenvalue weighted by Gasteiger charge is 2.15. The van der Waals surface area contributed by atoms with Crippen molar-refractivity contribution in [1.82, 2.24) is 0 Å². The molecule has 0 amide bonds. The van der Waals surface area contributed by atoms with Gasteiger partial charge in [-0.05, 0) is 55.2 Å². The summed E-state index contributed by atoms with van der Waals surface area (Å²) in [5.74, 6) is 1.02. The fourth-order valence-corrected chi connectivity index (χ4v) is 2.62. The van der Waals surface area contributed by atoms with Crippen LogP contribution in [0.15, 0.2) is 41.0 Å². The number of benzene rings is 1. The molecule has 0 unspecified atom stereocenters. The van der Waals surface area contributed by atoms with Gasteiger partial charge in [0.2, 0.25) is 0 Å². The molecule has 0 saturated heterocycles. The first-order chi connectivity index (χ1) is 10.7. The number of aryl methyl sites for hydroxylation is 1. The maximum atomic E-state index is 12.3. The van der Waals surface area contributed by atoms with Gasteiger partial charge in [0.05, 0.1) is 12.9 Å². The van der Waals surface area contributed by atoms with Crippen LogP contribution in [0.3, 0.4) is 0 Å². The van der Waals surface area contributed by atoms with Crippen LogP contribution >= 0.6 is 0 Å². The predicted molar refractivity (Wildman–Crippen MR) is 81.5 cm³/mol. The molecule has 2 aromatic rings. The van der Waals surface area contributed by atoms with Crippen molar-refractivity contribution in [2.75, 3.05) is 6.61 Å². The van der Waals surface area contributed by atoms with Crippen molar-refractivity contribution in [2.45, 2.75) is 32.1 Å². The number of carbonyl (C=O) groups excluding carboxylic acids is 2. The summed E-state index contributed by atoms with van der Waals surface area (Å²) in [6, 6.07) is 8.83. The second-order valence-electron chi connectivity index (χ2n) is 5.45. The number of fused-ring (bicyclic) bond motifs is 1. The van der Waals surface area contributed by atoms with Crippen molar-refractivity contribution >= 4 is 11.6 Å². The largest absolute Gasteiger partial charge is 0.493 e. The molecule has 1 aliphatic heterocycles. The molecule has 0 bridgehead atoms. The summed E-state index contributed by atoms with van der Waals surface area (Å²) >= 11 is 0. The third-order valence-electron chi connectivity index (χ3n) is 3.86. The zero-order valence-electron chi connectivity index (χ0n) is 12.3. The first-order valence-corrected chi connectivity index (χ1v) is 7.59. The highest BCUT2D eigenvalue weighted by molar-refractivity contribution is 6.01. The molecule has 4 nitrogen and oxygen atoms in total. The molecule has 0 atom stereocenters. The van der Waals surface area contributed by atoms with Gasteiger partial charge in [0, 0.05) is 18.4 Å². The van der Waals surface area contributed by atoms with Crippen LogP contribution in [-0.2, 0) is 6.42 Å². The van der Waals surface area contributed by atoms with E-state index in [0.29, 0.717) is 11.3 Å². The second kappa shape index (κ2) is 6.60. The second-order valence-corrected chi connectivity index (χ2v) is 5.45. The molecule has 0 spiro atoms. The minimum Gasteiger partial charge on any atom is -0.493 e. The first kappa shape index (κ1) is 14.6. The van der Waals surface area contributed by atoms with Gasteiger partial charge in [0.25, 0.3) is 0 Å². The van der Waals surface area contributed by atoms with Gasteiger partial charge in [-0.2, -0.15) is 0 Å². The lowest BCUT2D eigenvalue weighted by Crippen LogP contribution is -2.05. The average Bonchev–Trinajstić information content (AvgIpc) is 2.97. The molecule has 4 heteroatoms. The summed E-state index contributed by atoms with van der Waals surface area (Å²) in [7, 11) is 0. The zero-order valence-corrected chi connectivity index (χ0v) is 12.3. The molecule has 1 aromatic heterocycles. The summed E-state index contributed by atoms with van der Waals surface area (Å²) in [5, 5.41) is 0. The van der Waals surface area contributed by atoms with Crippen molar-refractivity contribution in [3.05, 3.63) is 53.5 Å². The van der Waals surface area contributed by atoms with E-state index in [4.69, 9.17) is 9.15 Å². The van der Waals surface area contributed by atoms with Gasteiger partial charge in [-0.1, -0.05) is 0 Å². The van der Waals surface area contributed by atoms with Crippen molar-refractivity contribution < 1.29 is 18.7 Å². The Morgan fingerprint density at radius 2 is 1.91 bits per heavy atom. The van der Waals surface area contributed by atoms with E-state index in [2.05, 4.69) is 0 Å². The first-order valence-electron chi connectivity index (χ1n) is 7.59. The third-order valence-corrected chi connectivity index (χ3v) is 3.86. The smallest absolute Gasteiger partial charge is 0.198 e. The number of Topliss-reactive ketones (excluding diaryl/α,β-unsaturated/α-hetero) is 2. The predicted octanol–water partition coefficient (Wildman–Crippen LogP) is 3.84. The van der Waals surface area contributed by atoms with Crippen LogP contribution in [-0.4, -0.2) is 18.2 Å². The molecule has 1 aliphatic rings. The van der Waals surface area contributed by atoms with Gasteiger partial charge in [-0.25, -0.2) is 0 Å². The van der Waals surface area contributed by atoms with Crippen LogP contribution in [0.5, 0.6) is 5.75 Å². The maximum Gasteiger partial charge on any atom is 0.198 e.